The Balaban J connectivity index is 1.93. The molecule has 1 unspecified atom stereocenters. The topological polar surface area (TPSA) is 83.0 Å². The van der Waals surface area contributed by atoms with Crippen LogP contribution in [0.4, 0.5) is 29.5 Å². The Morgan fingerprint density at radius 3 is 2.26 bits per heavy atom. The highest BCUT2D eigenvalue weighted by molar-refractivity contribution is 5.65. The van der Waals surface area contributed by atoms with E-state index in [9.17, 15) is 22.7 Å². The molecule has 150 valence electrons. The van der Waals surface area contributed by atoms with Crippen LogP contribution in [0.3, 0.4) is 0 Å². The molecule has 0 spiro atoms. The molecule has 3 N–H and O–H groups in total. The summed E-state index contributed by atoms with van der Waals surface area (Å²) in [6.07, 6.45) is -2.45. The zero-order valence-electron chi connectivity index (χ0n) is 15.1. The number of hydrogen-bond acceptors (Lipinski definition) is 6. The van der Waals surface area contributed by atoms with E-state index in [0.717, 1.165) is 19.8 Å². The molecule has 1 saturated carbocycles. The number of allylic oxidation sites excluding steroid dienone is 1. The number of halogens is 4. The number of hydrogen-bond donors (Lipinski definition) is 3. The van der Waals surface area contributed by atoms with Crippen LogP contribution < -0.4 is 10.6 Å². The standard InChI is InChI=1S/C17H23F4N5O/c1-8(10-6-7-10)22-15-24-14(11-4-3-5-12(27)13(11)18)25-16(26-15)23-9(2)17(19,20)21/h8-10,12,27H,3-7H2,1-2H3,(H2,22,23,24,25,26)/t8-,9+,12?/m0/s1. The molecular weight excluding hydrogens is 366 g/mol. The second-order valence-electron chi connectivity index (χ2n) is 7.22. The number of aliphatic hydroxyl groups excluding tert-OH is 1. The molecule has 3 atom stereocenters. The van der Waals surface area contributed by atoms with Gasteiger partial charge >= 0.3 is 6.18 Å². The van der Waals surface area contributed by atoms with E-state index >= 15 is 0 Å². The molecule has 1 aromatic heterocycles. The Morgan fingerprint density at radius 1 is 1.04 bits per heavy atom. The van der Waals surface area contributed by atoms with Crippen molar-refractivity contribution in [3.8, 4) is 0 Å². The van der Waals surface area contributed by atoms with E-state index < -0.39 is 24.1 Å². The van der Waals surface area contributed by atoms with Crippen molar-refractivity contribution in [2.45, 2.75) is 70.3 Å². The molecule has 10 heteroatoms. The fourth-order valence-electron chi connectivity index (χ4n) is 2.97. The van der Waals surface area contributed by atoms with Gasteiger partial charge in [0.05, 0.1) is 0 Å². The van der Waals surface area contributed by atoms with Crippen molar-refractivity contribution in [2.75, 3.05) is 10.6 Å². The maximum Gasteiger partial charge on any atom is 0.408 e. The maximum atomic E-state index is 14.4. The number of anilines is 2. The molecule has 3 rings (SSSR count). The fourth-order valence-corrected chi connectivity index (χ4v) is 2.97. The highest BCUT2D eigenvalue weighted by atomic mass is 19.4. The summed E-state index contributed by atoms with van der Waals surface area (Å²) in [4.78, 5) is 12.2. The van der Waals surface area contributed by atoms with Crippen molar-refractivity contribution in [2.24, 2.45) is 5.92 Å². The summed E-state index contributed by atoms with van der Waals surface area (Å²) in [7, 11) is 0. The summed E-state index contributed by atoms with van der Waals surface area (Å²) in [6.45, 7) is 2.89. The summed E-state index contributed by atoms with van der Waals surface area (Å²) >= 11 is 0. The van der Waals surface area contributed by atoms with E-state index in [1.807, 2.05) is 6.92 Å². The number of rotatable bonds is 6. The minimum atomic E-state index is -4.48. The van der Waals surface area contributed by atoms with E-state index in [2.05, 4.69) is 25.6 Å². The average Bonchev–Trinajstić information content (AvgIpc) is 3.41. The number of aliphatic hydroxyl groups is 1. The van der Waals surface area contributed by atoms with Crippen LogP contribution in [0.15, 0.2) is 5.83 Å². The van der Waals surface area contributed by atoms with Crippen LogP contribution in [0.25, 0.3) is 5.57 Å². The summed E-state index contributed by atoms with van der Waals surface area (Å²) in [5.74, 6) is -0.511. The lowest BCUT2D eigenvalue weighted by Gasteiger charge is -2.21. The molecule has 6 nitrogen and oxygen atoms in total. The zero-order valence-corrected chi connectivity index (χ0v) is 15.1. The molecular formula is C17H23F4N5O. The van der Waals surface area contributed by atoms with Gasteiger partial charge in [-0.1, -0.05) is 0 Å². The first kappa shape index (κ1) is 19.8. The van der Waals surface area contributed by atoms with Gasteiger partial charge in [0.2, 0.25) is 11.9 Å². The molecule has 0 aromatic carbocycles. The van der Waals surface area contributed by atoms with Gasteiger partial charge in [-0.3, -0.25) is 0 Å². The van der Waals surface area contributed by atoms with E-state index in [1.54, 1.807) is 0 Å². The van der Waals surface area contributed by atoms with Gasteiger partial charge in [-0.2, -0.15) is 28.1 Å². The molecule has 1 fully saturated rings. The molecule has 1 aromatic rings. The highest BCUT2D eigenvalue weighted by Gasteiger charge is 2.37. The lowest BCUT2D eigenvalue weighted by molar-refractivity contribution is -0.138. The number of aromatic nitrogens is 3. The van der Waals surface area contributed by atoms with E-state index in [1.165, 1.54) is 0 Å². The molecule has 27 heavy (non-hydrogen) atoms. The third-order valence-electron chi connectivity index (χ3n) is 4.91. The summed E-state index contributed by atoms with van der Waals surface area (Å²) < 4.78 is 53.0. The molecule has 0 radical (unpaired) electrons. The van der Waals surface area contributed by atoms with Gasteiger partial charge in [0, 0.05) is 11.6 Å². The third-order valence-corrected chi connectivity index (χ3v) is 4.91. The lowest BCUT2D eigenvalue weighted by Crippen LogP contribution is -2.34. The predicted molar refractivity (Wildman–Crippen MR) is 92.7 cm³/mol. The largest absolute Gasteiger partial charge is 0.408 e. The number of alkyl halides is 3. The van der Waals surface area contributed by atoms with Crippen LogP contribution in [0, 0.1) is 5.92 Å². The van der Waals surface area contributed by atoms with Gasteiger partial charge in [0.15, 0.2) is 5.82 Å². The Bertz CT molecular complexity index is 720. The maximum absolute atomic E-state index is 14.4. The van der Waals surface area contributed by atoms with Crippen LogP contribution in [-0.4, -0.2) is 44.4 Å². The van der Waals surface area contributed by atoms with Crippen molar-refractivity contribution < 1.29 is 22.7 Å². The minimum Gasteiger partial charge on any atom is -0.386 e. The van der Waals surface area contributed by atoms with Gasteiger partial charge < -0.3 is 15.7 Å². The third kappa shape index (κ3) is 4.85. The quantitative estimate of drug-likeness (QED) is 0.644. The molecule has 2 aliphatic carbocycles. The molecule has 2 aliphatic rings. The fraction of sp³-hybridized carbons (Fsp3) is 0.706. The van der Waals surface area contributed by atoms with Gasteiger partial charge in [0.1, 0.15) is 18.0 Å². The van der Waals surface area contributed by atoms with Crippen LogP contribution in [0.2, 0.25) is 0 Å². The lowest BCUT2D eigenvalue weighted by atomic mass is 9.96. The average molecular weight is 389 g/mol. The Morgan fingerprint density at radius 2 is 1.67 bits per heavy atom. The van der Waals surface area contributed by atoms with Gasteiger partial charge in [-0.25, -0.2) is 4.39 Å². The van der Waals surface area contributed by atoms with Gasteiger partial charge in [-0.05, 0) is 51.9 Å². The normalized spacial score (nSPS) is 23.1. The molecule has 0 aliphatic heterocycles. The van der Waals surface area contributed by atoms with Crippen LogP contribution in [0.1, 0.15) is 51.8 Å². The summed E-state index contributed by atoms with van der Waals surface area (Å²) in [6, 6.07) is -1.83. The first-order valence-corrected chi connectivity index (χ1v) is 9.08. The van der Waals surface area contributed by atoms with E-state index in [4.69, 9.17) is 0 Å². The molecule has 1 heterocycles. The summed E-state index contributed by atoms with van der Waals surface area (Å²) in [5, 5.41) is 15.0. The van der Waals surface area contributed by atoms with Crippen LogP contribution in [0.5, 0.6) is 0 Å². The highest BCUT2D eigenvalue weighted by Crippen LogP contribution is 2.35. The Hall–Kier alpha value is -1.97. The predicted octanol–water partition coefficient (Wildman–Crippen LogP) is 3.67. The molecule has 0 amide bonds. The van der Waals surface area contributed by atoms with Crippen molar-refractivity contribution in [3.63, 3.8) is 0 Å². The van der Waals surface area contributed by atoms with Crippen molar-refractivity contribution >= 4 is 17.5 Å². The molecule has 0 saturated heterocycles. The Kier molecular flexibility index (Phi) is 5.55. The van der Waals surface area contributed by atoms with Crippen LogP contribution in [-0.2, 0) is 0 Å². The van der Waals surface area contributed by atoms with Crippen molar-refractivity contribution in [1.82, 2.24) is 15.0 Å². The second kappa shape index (κ2) is 7.57. The van der Waals surface area contributed by atoms with Crippen molar-refractivity contribution in [3.05, 3.63) is 11.7 Å². The van der Waals surface area contributed by atoms with Crippen LogP contribution >= 0.6 is 0 Å². The summed E-state index contributed by atoms with van der Waals surface area (Å²) in [5.41, 5.74) is 0.112. The van der Waals surface area contributed by atoms with Gasteiger partial charge in [-0.15, -0.1) is 0 Å². The number of nitrogens with one attached hydrogen (secondary N) is 2. The zero-order chi connectivity index (χ0) is 19.8. The number of nitrogens with zero attached hydrogens (tertiary/aromatic N) is 3. The van der Waals surface area contributed by atoms with E-state index in [0.29, 0.717) is 25.2 Å². The van der Waals surface area contributed by atoms with Gasteiger partial charge in [0.25, 0.3) is 0 Å². The second-order valence-corrected chi connectivity index (χ2v) is 7.22. The van der Waals surface area contributed by atoms with Crippen molar-refractivity contribution in [1.29, 1.82) is 0 Å². The SMILES string of the molecule is C[C@H](Nc1nc(N[C@H](C)C(F)(F)F)nc(C2=C(F)C(O)CCC2)n1)C1CC1. The monoisotopic (exact) mass is 389 g/mol. The van der Waals surface area contributed by atoms with E-state index in [-0.39, 0.29) is 29.3 Å². The molecule has 0 bridgehead atoms. The minimum absolute atomic E-state index is 0.0453. The Labute approximate surface area is 154 Å². The first-order valence-electron chi connectivity index (χ1n) is 9.08. The smallest absolute Gasteiger partial charge is 0.386 e. The first-order chi connectivity index (χ1) is 12.6.